The molecule has 0 aliphatic carbocycles. The van der Waals surface area contributed by atoms with Gasteiger partial charge in [0, 0.05) is 19.2 Å². The Bertz CT molecular complexity index is 423. The summed E-state index contributed by atoms with van der Waals surface area (Å²) < 4.78 is 38.7. The Morgan fingerprint density at radius 1 is 1.22 bits per heavy atom. The van der Waals surface area contributed by atoms with E-state index in [1.54, 1.807) is 7.05 Å². The highest BCUT2D eigenvalue weighted by Crippen LogP contribution is 2.15. The summed E-state index contributed by atoms with van der Waals surface area (Å²) >= 11 is 0. The number of hydrogen-bond acceptors (Lipinski definition) is 1. The number of hydrogen-bond donors (Lipinski definition) is 0. The van der Waals surface area contributed by atoms with Crippen LogP contribution in [0.25, 0.3) is 0 Å². The number of amides is 1. The zero-order chi connectivity index (χ0) is 13.9. The van der Waals surface area contributed by atoms with Crippen molar-refractivity contribution in [3.8, 4) is 0 Å². The van der Waals surface area contributed by atoms with Gasteiger partial charge in [-0.1, -0.05) is 13.8 Å². The Kier molecular flexibility index (Phi) is 4.76. The molecule has 1 rings (SSSR count). The normalized spacial score (nSPS) is 10.8. The molecule has 100 valence electrons. The molecule has 1 amide bonds. The second-order valence-electron chi connectivity index (χ2n) is 4.66. The van der Waals surface area contributed by atoms with Crippen molar-refractivity contribution >= 4 is 5.91 Å². The van der Waals surface area contributed by atoms with Crippen LogP contribution in [0.15, 0.2) is 12.1 Å². The molecule has 0 aliphatic rings. The maximum Gasteiger partial charge on any atom is 0.253 e. The van der Waals surface area contributed by atoms with Gasteiger partial charge < -0.3 is 4.90 Å². The van der Waals surface area contributed by atoms with Crippen molar-refractivity contribution in [2.75, 3.05) is 13.6 Å². The highest BCUT2D eigenvalue weighted by atomic mass is 19.2. The summed E-state index contributed by atoms with van der Waals surface area (Å²) in [4.78, 5) is 13.2. The topological polar surface area (TPSA) is 20.3 Å². The van der Waals surface area contributed by atoms with Crippen LogP contribution in [0.5, 0.6) is 0 Å². The summed E-state index contributed by atoms with van der Waals surface area (Å²) in [6.07, 6.45) is 0.786. The van der Waals surface area contributed by atoms with Crippen molar-refractivity contribution in [3.05, 3.63) is 35.1 Å². The predicted octanol–water partition coefficient (Wildman–Crippen LogP) is 3.22. The number of rotatable bonds is 4. The summed E-state index contributed by atoms with van der Waals surface area (Å²) in [7, 11) is 1.55. The lowest BCUT2D eigenvalue weighted by Crippen LogP contribution is -2.28. The predicted molar refractivity (Wildman–Crippen MR) is 62.7 cm³/mol. The van der Waals surface area contributed by atoms with Gasteiger partial charge in [-0.25, -0.2) is 13.2 Å². The first-order valence-corrected chi connectivity index (χ1v) is 5.73. The first-order chi connectivity index (χ1) is 8.32. The van der Waals surface area contributed by atoms with Crippen molar-refractivity contribution in [1.82, 2.24) is 4.90 Å². The monoisotopic (exact) mass is 259 g/mol. The molecule has 0 spiro atoms. The summed E-state index contributed by atoms with van der Waals surface area (Å²) in [6, 6.07) is 1.43. The Hall–Kier alpha value is -1.52. The molecule has 2 nitrogen and oxygen atoms in total. The average Bonchev–Trinajstić information content (AvgIpc) is 2.31. The van der Waals surface area contributed by atoms with E-state index in [-0.39, 0.29) is 5.56 Å². The van der Waals surface area contributed by atoms with Crippen LogP contribution < -0.4 is 0 Å². The smallest absolute Gasteiger partial charge is 0.253 e. The minimum absolute atomic E-state index is 0.183. The maximum absolute atomic E-state index is 13.0. The Morgan fingerprint density at radius 2 is 1.72 bits per heavy atom. The van der Waals surface area contributed by atoms with Crippen molar-refractivity contribution < 1.29 is 18.0 Å². The van der Waals surface area contributed by atoms with Crippen LogP contribution in [-0.2, 0) is 0 Å². The molecule has 1 aromatic carbocycles. The first kappa shape index (κ1) is 14.5. The Labute approximate surface area is 104 Å². The minimum Gasteiger partial charge on any atom is -0.342 e. The molecule has 0 unspecified atom stereocenters. The summed E-state index contributed by atoms with van der Waals surface area (Å²) in [5, 5.41) is 0. The van der Waals surface area contributed by atoms with Crippen molar-refractivity contribution in [2.24, 2.45) is 5.92 Å². The standard InChI is InChI=1S/C13H16F3NO/c1-8(2)4-5-17(3)13(18)9-6-10(14)12(16)11(15)7-9/h6-8H,4-5H2,1-3H3. The van der Waals surface area contributed by atoms with Crippen LogP contribution in [0.2, 0.25) is 0 Å². The van der Waals surface area contributed by atoms with Crippen LogP contribution in [0, 0.1) is 23.4 Å². The van der Waals surface area contributed by atoms with E-state index in [0.29, 0.717) is 24.6 Å². The third-order valence-corrected chi connectivity index (χ3v) is 2.62. The number of benzene rings is 1. The van der Waals surface area contributed by atoms with Gasteiger partial charge in [-0.05, 0) is 24.5 Å². The van der Waals surface area contributed by atoms with Gasteiger partial charge in [0.1, 0.15) is 0 Å². The van der Waals surface area contributed by atoms with E-state index in [4.69, 9.17) is 0 Å². The summed E-state index contributed by atoms with van der Waals surface area (Å²) in [5.41, 5.74) is -0.183. The highest BCUT2D eigenvalue weighted by Gasteiger charge is 2.17. The van der Waals surface area contributed by atoms with E-state index < -0.39 is 23.4 Å². The molecule has 0 fully saturated rings. The van der Waals surface area contributed by atoms with Gasteiger partial charge in [0.15, 0.2) is 17.5 Å². The van der Waals surface area contributed by atoms with Gasteiger partial charge in [-0.2, -0.15) is 0 Å². The van der Waals surface area contributed by atoms with Crippen molar-refractivity contribution in [2.45, 2.75) is 20.3 Å². The maximum atomic E-state index is 13.0. The zero-order valence-electron chi connectivity index (χ0n) is 10.6. The molecule has 0 aliphatic heterocycles. The molecular weight excluding hydrogens is 243 g/mol. The molecule has 0 N–H and O–H groups in total. The third kappa shape index (κ3) is 3.48. The average molecular weight is 259 g/mol. The lowest BCUT2D eigenvalue weighted by Gasteiger charge is -2.18. The highest BCUT2D eigenvalue weighted by molar-refractivity contribution is 5.94. The molecule has 0 bridgehead atoms. The van der Waals surface area contributed by atoms with Crippen LogP contribution in [0.3, 0.4) is 0 Å². The molecule has 0 aromatic heterocycles. The number of carbonyl (C=O) groups excluding carboxylic acids is 1. The second-order valence-corrected chi connectivity index (χ2v) is 4.66. The van der Waals surface area contributed by atoms with Crippen molar-refractivity contribution in [3.63, 3.8) is 0 Å². The Balaban J connectivity index is 2.84. The Morgan fingerprint density at radius 3 is 2.17 bits per heavy atom. The molecule has 0 saturated heterocycles. The first-order valence-electron chi connectivity index (χ1n) is 5.73. The largest absolute Gasteiger partial charge is 0.342 e. The van der Waals surface area contributed by atoms with Gasteiger partial charge in [-0.15, -0.1) is 0 Å². The van der Waals surface area contributed by atoms with E-state index in [1.807, 2.05) is 13.8 Å². The van der Waals surface area contributed by atoms with Gasteiger partial charge in [-0.3, -0.25) is 4.79 Å². The van der Waals surface area contributed by atoms with E-state index in [9.17, 15) is 18.0 Å². The van der Waals surface area contributed by atoms with Crippen molar-refractivity contribution in [1.29, 1.82) is 0 Å². The van der Waals surface area contributed by atoms with Gasteiger partial charge in [0.25, 0.3) is 5.91 Å². The number of carbonyl (C=O) groups is 1. The fraction of sp³-hybridized carbons (Fsp3) is 0.462. The summed E-state index contributed by atoms with van der Waals surface area (Å²) in [5.74, 6) is -4.36. The van der Waals surface area contributed by atoms with E-state index >= 15 is 0 Å². The van der Waals surface area contributed by atoms with Crippen LogP contribution in [0.1, 0.15) is 30.6 Å². The molecule has 0 heterocycles. The van der Waals surface area contributed by atoms with Gasteiger partial charge >= 0.3 is 0 Å². The van der Waals surface area contributed by atoms with E-state index in [2.05, 4.69) is 0 Å². The molecular formula is C13H16F3NO. The second kappa shape index (κ2) is 5.89. The fourth-order valence-electron chi connectivity index (χ4n) is 1.45. The third-order valence-electron chi connectivity index (χ3n) is 2.62. The van der Waals surface area contributed by atoms with Gasteiger partial charge in [0.2, 0.25) is 0 Å². The summed E-state index contributed by atoms with van der Waals surface area (Å²) in [6.45, 7) is 4.50. The minimum atomic E-state index is -1.56. The van der Waals surface area contributed by atoms with Crippen LogP contribution in [0.4, 0.5) is 13.2 Å². The quantitative estimate of drug-likeness (QED) is 0.760. The van der Waals surface area contributed by atoms with Gasteiger partial charge in [0.05, 0.1) is 0 Å². The SMILES string of the molecule is CC(C)CCN(C)C(=O)c1cc(F)c(F)c(F)c1. The van der Waals surface area contributed by atoms with Crippen LogP contribution in [-0.4, -0.2) is 24.4 Å². The zero-order valence-corrected chi connectivity index (χ0v) is 10.6. The molecule has 1 aromatic rings. The number of halogens is 3. The molecule has 18 heavy (non-hydrogen) atoms. The molecule has 0 saturated carbocycles. The van der Waals surface area contributed by atoms with E-state index in [0.717, 1.165) is 6.42 Å². The molecule has 0 radical (unpaired) electrons. The lowest BCUT2D eigenvalue weighted by molar-refractivity contribution is 0.0788. The fourth-order valence-corrected chi connectivity index (χ4v) is 1.45. The van der Waals surface area contributed by atoms with E-state index in [1.165, 1.54) is 4.90 Å². The molecule has 5 heteroatoms. The number of nitrogens with zero attached hydrogens (tertiary/aromatic N) is 1. The lowest BCUT2D eigenvalue weighted by atomic mass is 10.1. The van der Waals surface area contributed by atoms with Crippen LogP contribution >= 0.6 is 0 Å². The molecule has 0 atom stereocenters.